The van der Waals surface area contributed by atoms with Gasteiger partial charge in [0.1, 0.15) is 6.04 Å². The maximum Gasteiger partial charge on any atom is 0.242 e. The minimum absolute atomic E-state index is 0.0245. The Hall–Kier alpha value is -1.79. The Morgan fingerprint density at radius 1 is 1.10 bits per heavy atom. The van der Waals surface area contributed by atoms with Crippen molar-refractivity contribution in [2.45, 2.75) is 52.5 Å². The molecule has 4 nitrogen and oxygen atoms in total. The van der Waals surface area contributed by atoms with Crippen molar-refractivity contribution >= 4 is 39.5 Å². The highest BCUT2D eigenvalue weighted by molar-refractivity contribution is 9.10. The average molecular weight is 491 g/mol. The van der Waals surface area contributed by atoms with Crippen molar-refractivity contribution in [3.63, 3.8) is 0 Å². The van der Waals surface area contributed by atoms with E-state index in [0.29, 0.717) is 18.8 Å². The number of hydrogen-bond acceptors (Lipinski definition) is 3. The monoisotopic (exact) mass is 490 g/mol. The number of hydrogen-bond donors (Lipinski definition) is 1. The third-order valence-corrected chi connectivity index (χ3v) is 6.22. The molecule has 0 spiro atoms. The number of carbonyl (C=O) groups is 2. The zero-order valence-corrected chi connectivity index (χ0v) is 20.6. The van der Waals surface area contributed by atoms with Crippen LogP contribution in [0.3, 0.4) is 0 Å². The van der Waals surface area contributed by atoms with Gasteiger partial charge in [-0.15, -0.1) is 11.8 Å². The summed E-state index contributed by atoms with van der Waals surface area (Å²) in [4.78, 5) is 27.3. The van der Waals surface area contributed by atoms with Crippen LogP contribution in [0, 0.1) is 13.8 Å². The Balaban J connectivity index is 2.07. The van der Waals surface area contributed by atoms with Gasteiger partial charge in [-0.25, -0.2) is 0 Å². The smallest absolute Gasteiger partial charge is 0.242 e. The first-order valence-electron chi connectivity index (χ1n) is 10.3. The van der Waals surface area contributed by atoms with Gasteiger partial charge in [0.2, 0.25) is 11.8 Å². The van der Waals surface area contributed by atoms with Gasteiger partial charge < -0.3 is 10.2 Å². The molecule has 1 atom stereocenters. The number of amides is 2. The highest BCUT2D eigenvalue weighted by Crippen LogP contribution is 2.19. The fraction of sp³-hybridized carbons (Fsp3) is 0.417. The average Bonchev–Trinajstić information content (AvgIpc) is 2.69. The first-order chi connectivity index (χ1) is 14.3. The lowest BCUT2D eigenvalue weighted by atomic mass is 10.1. The van der Waals surface area contributed by atoms with Crippen LogP contribution < -0.4 is 5.32 Å². The molecule has 0 heterocycles. The molecule has 30 heavy (non-hydrogen) atoms. The van der Waals surface area contributed by atoms with Crippen LogP contribution in [0.2, 0.25) is 0 Å². The van der Waals surface area contributed by atoms with E-state index in [4.69, 9.17) is 0 Å². The number of aryl methyl sites for hydroxylation is 2. The Morgan fingerprint density at radius 3 is 2.43 bits per heavy atom. The Labute approximate surface area is 192 Å². The van der Waals surface area contributed by atoms with E-state index in [1.165, 1.54) is 16.7 Å². The minimum Gasteiger partial charge on any atom is -0.354 e. The summed E-state index contributed by atoms with van der Waals surface area (Å²) in [5, 5.41) is 2.91. The van der Waals surface area contributed by atoms with E-state index in [-0.39, 0.29) is 11.8 Å². The number of halogens is 1. The summed E-state index contributed by atoms with van der Waals surface area (Å²) >= 11 is 5.07. The van der Waals surface area contributed by atoms with E-state index in [0.717, 1.165) is 22.2 Å². The van der Waals surface area contributed by atoms with Crippen LogP contribution in [0.5, 0.6) is 0 Å². The van der Waals surface area contributed by atoms with Crippen molar-refractivity contribution in [3.8, 4) is 0 Å². The second-order valence-corrected chi connectivity index (χ2v) is 9.51. The van der Waals surface area contributed by atoms with Crippen molar-refractivity contribution in [2.24, 2.45) is 0 Å². The highest BCUT2D eigenvalue weighted by Gasteiger charge is 2.25. The summed E-state index contributed by atoms with van der Waals surface area (Å²) < 4.78 is 0.958. The summed E-state index contributed by atoms with van der Waals surface area (Å²) in [7, 11) is 0. The second kappa shape index (κ2) is 12.2. The predicted octanol–water partition coefficient (Wildman–Crippen LogP) is 5.24. The van der Waals surface area contributed by atoms with E-state index in [1.807, 2.05) is 31.2 Å². The van der Waals surface area contributed by atoms with E-state index in [9.17, 15) is 9.59 Å². The zero-order valence-electron chi connectivity index (χ0n) is 18.2. The molecular formula is C24H31BrN2O2S. The molecule has 2 rings (SSSR count). The van der Waals surface area contributed by atoms with Crippen LogP contribution in [0.1, 0.15) is 42.5 Å². The summed E-state index contributed by atoms with van der Waals surface area (Å²) in [6, 6.07) is 13.8. The number of nitrogens with one attached hydrogen (secondary N) is 1. The molecular weight excluding hydrogens is 460 g/mol. The molecule has 0 saturated carbocycles. The topological polar surface area (TPSA) is 49.4 Å². The minimum atomic E-state index is -0.523. The van der Waals surface area contributed by atoms with Gasteiger partial charge in [0.05, 0.1) is 5.75 Å². The molecule has 0 aromatic heterocycles. The number of carbonyl (C=O) groups excluding carboxylic acids is 2. The summed E-state index contributed by atoms with van der Waals surface area (Å²) in [6.45, 7) is 9.01. The van der Waals surface area contributed by atoms with E-state index in [2.05, 4.69) is 53.3 Å². The molecule has 162 valence electrons. The SMILES string of the molecule is CCCNC(=O)[C@H](C)N(Cc1cccc(Br)c1)C(=O)CSCc1cc(C)cc(C)c1. The van der Waals surface area contributed by atoms with Crippen LogP contribution >= 0.6 is 27.7 Å². The molecule has 0 radical (unpaired) electrons. The van der Waals surface area contributed by atoms with Gasteiger partial charge in [-0.05, 0) is 50.5 Å². The van der Waals surface area contributed by atoms with Crippen LogP contribution in [-0.2, 0) is 21.9 Å². The van der Waals surface area contributed by atoms with Crippen molar-refractivity contribution in [1.82, 2.24) is 10.2 Å². The molecule has 0 aliphatic rings. The summed E-state index contributed by atoms with van der Waals surface area (Å²) in [5.74, 6) is 0.977. The summed E-state index contributed by atoms with van der Waals surface area (Å²) in [6.07, 6.45) is 0.865. The van der Waals surface area contributed by atoms with Crippen LogP contribution in [0.4, 0.5) is 0 Å². The van der Waals surface area contributed by atoms with E-state index in [1.54, 1.807) is 23.6 Å². The van der Waals surface area contributed by atoms with Gasteiger partial charge in [-0.1, -0.05) is 64.3 Å². The van der Waals surface area contributed by atoms with Crippen molar-refractivity contribution in [3.05, 3.63) is 69.2 Å². The highest BCUT2D eigenvalue weighted by atomic mass is 79.9. The molecule has 0 aliphatic heterocycles. The van der Waals surface area contributed by atoms with Gasteiger partial charge in [0.15, 0.2) is 0 Å². The van der Waals surface area contributed by atoms with Crippen molar-refractivity contribution < 1.29 is 9.59 Å². The third kappa shape index (κ3) is 7.80. The van der Waals surface area contributed by atoms with Crippen LogP contribution in [-0.4, -0.2) is 35.1 Å². The number of nitrogens with zero attached hydrogens (tertiary/aromatic N) is 1. The molecule has 0 bridgehead atoms. The normalized spacial score (nSPS) is 11.8. The number of benzene rings is 2. The standard InChI is InChI=1S/C24H31BrN2O2S/c1-5-9-26-24(29)19(4)27(14-20-7-6-8-22(25)13-20)23(28)16-30-15-21-11-17(2)10-18(3)12-21/h6-8,10-13,19H,5,9,14-16H2,1-4H3,(H,26,29)/t19-/m0/s1. The van der Waals surface area contributed by atoms with Gasteiger partial charge in [-0.3, -0.25) is 9.59 Å². The number of thioether (sulfide) groups is 1. The zero-order chi connectivity index (χ0) is 22.1. The quantitative estimate of drug-likeness (QED) is 0.495. The fourth-order valence-corrected chi connectivity index (χ4v) is 4.59. The fourth-order valence-electron chi connectivity index (χ4n) is 3.30. The summed E-state index contributed by atoms with van der Waals surface area (Å²) in [5.41, 5.74) is 4.67. The maximum absolute atomic E-state index is 13.1. The van der Waals surface area contributed by atoms with Crippen molar-refractivity contribution in [1.29, 1.82) is 0 Å². The first kappa shape index (κ1) is 24.5. The van der Waals surface area contributed by atoms with Gasteiger partial charge in [-0.2, -0.15) is 0 Å². The number of rotatable bonds is 10. The van der Waals surface area contributed by atoms with Crippen LogP contribution in [0.15, 0.2) is 46.9 Å². The van der Waals surface area contributed by atoms with E-state index < -0.39 is 6.04 Å². The predicted molar refractivity (Wildman–Crippen MR) is 130 cm³/mol. The van der Waals surface area contributed by atoms with Gasteiger partial charge >= 0.3 is 0 Å². The Morgan fingerprint density at radius 2 is 1.80 bits per heavy atom. The molecule has 1 N–H and O–H groups in total. The molecule has 2 amide bonds. The lowest BCUT2D eigenvalue weighted by molar-refractivity contribution is -0.138. The van der Waals surface area contributed by atoms with E-state index >= 15 is 0 Å². The van der Waals surface area contributed by atoms with Gasteiger partial charge in [0, 0.05) is 23.3 Å². The lowest BCUT2D eigenvalue weighted by Crippen LogP contribution is -2.48. The largest absolute Gasteiger partial charge is 0.354 e. The van der Waals surface area contributed by atoms with Gasteiger partial charge in [0.25, 0.3) is 0 Å². The molecule has 0 aliphatic carbocycles. The molecule has 2 aromatic rings. The molecule has 0 unspecified atom stereocenters. The first-order valence-corrected chi connectivity index (χ1v) is 12.2. The van der Waals surface area contributed by atoms with Crippen molar-refractivity contribution in [2.75, 3.05) is 12.3 Å². The second-order valence-electron chi connectivity index (χ2n) is 7.61. The third-order valence-electron chi connectivity index (χ3n) is 4.73. The Bertz CT molecular complexity index is 852. The molecule has 0 saturated heterocycles. The lowest BCUT2D eigenvalue weighted by Gasteiger charge is -2.29. The van der Waals surface area contributed by atoms with Crippen LogP contribution in [0.25, 0.3) is 0 Å². The molecule has 2 aromatic carbocycles. The maximum atomic E-state index is 13.1. The molecule has 0 fully saturated rings. The Kier molecular flexibility index (Phi) is 9.92. The molecule has 6 heteroatoms.